The van der Waals surface area contributed by atoms with Gasteiger partial charge in [-0.3, -0.25) is 14.5 Å². The Morgan fingerprint density at radius 2 is 1.84 bits per heavy atom. The molecule has 2 aromatic carbocycles. The number of nitrogens with zero attached hydrogens (tertiary/aromatic N) is 2. The highest BCUT2D eigenvalue weighted by Crippen LogP contribution is 2.26. The standard InChI is InChI=1S/C24H28ClN3O3/c1-17(29)26-22(19-3-5-21(25)6-4-19)15-24(30)28-11-9-27(10-12-28)16-18-2-7-23-20(14-18)8-13-31-23/h2-7,14,22H,8-13,15-16H2,1H3,(H,26,29). The Kier molecular flexibility index (Phi) is 6.78. The van der Waals surface area contributed by atoms with Gasteiger partial charge in [0.1, 0.15) is 5.75 Å². The number of ether oxygens (including phenoxy) is 1. The number of carbonyl (C=O) groups is 2. The minimum Gasteiger partial charge on any atom is -0.493 e. The highest BCUT2D eigenvalue weighted by molar-refractivity contribution is 6.30. The summed E-state index contributed by atoms with van der Waals surface area (Å²) in [5, 5.41) is 3.53. The third-order valence-corrected chi connectivity index (χ3v) is 6.17. The Hall–Kier alpha value is -2.57. The third kappa shape index (κ3) is 5.57. The molecule has 0 aromatic heterocycles. The molecule has 1 unspecified atom stereocenters. The van der Waals surface area contributed by atoms with E-state index in [1.54, 1.807) is 12.1 Å². The van der Waals surface area contributed by atoms with Gasteiger partial charge in [-0.25, -0.2) is 0 Å². The highest BCUT2D eigenvalue weighted by Gasteiger charge is 2.25. The molecule has 1 N–H and O–H groups in total. The van der Waals surface area contributed by atoms with Crippen molar-refractivity contribution in [2.75, 3.05) is 32.8 Å². The first-order valence-corrected chi connectivity index (χ1v) is 11.1. The summed E-state index contributed by atoms with van der Waals surface area (Å²) in [5.74, 6) is 0.911. The van der Waals surface area contributed by atoms with E-state index in [0.29, 0.717) is 18.1 Å². The van der Waals surface area contributed by atoms with Crippen molar-refractivity contribution in [3.05, 3.63) is 64.2 Å². The van der Waals surface area contributed by atoms with Crippen molar-refractivity contribution in [3.8, 4) is 5.75 Å². The van der Waals surface area contributed by atoms with Crippen molar-refractivity contribution in [2.24, 2.45) is 0 Å². The second-order valence-corrected chi connectivity index (χ2v) is 8.64. The lowest BCUT2D eigenvalue weighted by Crippen LogP contribution is -2.49. The molecular weight excluding hydrogens is 414 g/mol. The van der Waals surface area contributed by atoms with E-state index in [-0.39, 0.29) is 24.3 Å². The van der Waals surface area contributed by atoms with Gasteiger partial charge in [-0.1, -0.05) is 35.9 Å². The smallest absolute Gasteiger partial charge is 0.225 e. The van der Waals surface area contributed by atoms with E-state index in [4.69, 9.17) is 16.3 Å². The number of amides is 2. The predicted molar refractivity (Wildman–Crippen MR) is 120 cm³/mol. The Balaban J connectivity index is 1.31. The predicted octanol–water partition coefficient (Wildman–Crippen LogP) is 3.19. The van der Waals surface area contributed by atoms with Gasteiger partial charge in [-0.05, 0) is 34.9 Å². The molecule has 31 heavy (non-hydrogen) atoms. The molecule has 2 aliphatic heterocycles. The van der Waals surface area contributed by atoms with Crippen LogP contribution in [0.2, 0.25) is 5.02 Å². The molecule has 1 atom stereocenters. The van der Waals surface area contributed by atoms with Crippen LogP contribution in [-0.4, -0.2) is 54.4 Å². The van der Waals surface area contributed by atoms with Crippen LogP contribution in [0.5, 0.6) is 5.75 Å². The zero-order chi connectivity index (χ0) is 21.8. The molecule has 7 heteroatoms. The maximum atomic E-state index is 12.9. The van der Waals surface area contributed by atoms with Crippen LogP contribution in [0.15, 0.2) is 42.5 Å². The highest BCUT2D eigenvalue weighted by atomic mass is 35.5. The van der Waals surface area contributed by atoms with E-state index in [1.165, 1.54) is 18.1 Å². The van der Waals surface area contributed by atoms with E-state index in [0.717, 1.165) is 44.0 Å². The molecule has 1 saturated heterocycles. The number of hydrogen-bond acceptors (Lipinski definition) is 4. The number of halogens is 1. The topological polar surface area (TPSA) is 61.9 Å². The van der Waals surface area contributed by atoms with Crippen molar-refractivity contribution in [1.82, 2.24) is 15.1 Å². The van der Waals surface area contributed by atoms with Gasteiger partial charge in [0.15, 0.2) is 0 Å². The van der Waals surface area contributed by atoms with Gasteiger partial charge in [0.2, 0.25) is 11.8 Å². The molecule has 6 nitrogen and oxygen atoms in total. The number of fused-ring (bicyclic) bond motifs is 1. The van der Waals surface area contributed by atoms with E-state index in [1.807, 2.05) is 17.0 Å². The number of hydrogen-bond donors (Lipinski definition) is 1. The molecule has 0 radical (unpaired) electrons. The van der Waals surface area contributed by atoms with Gasteiger partial charge in [0.05, 0.1) is 19.1 Å². The number of carbonyl (C=O) groups excluding carboxylic acids is 2. The van der Waals surface area contributed by atoms with E-state index in [9.17, 15) is 9.59 Å². The normalized spacial score (nSPS) is 17.0. The average molecular weight is 442 g/mol. The lowest BCUT2D eigenvalue weighted by Gasteiger charge is -2.35. The summed E-state index contributed by atoms with van der Waals surface area (Å²) in [6.07, 6.45) is 1.22. The van der Waals surface area contributed by atoms with Crippen LogP contribution in [-0.2, 0) is 22.6 Å². The molecule has 0 bridgehead atoms. The van der Waals surface area contributed by atoms with Crippen molar-refractivity contribution in [3.63, 3.8) is 0 Å². The largest absolute Gasteiger partial charge is 0.493 e. The second kappa shape index (κ2) is 9.71. The monoisotopic (exact) mass is 441 g/mol. The van der Waals surface area contributed by atoms with Gasteiger partial charge in [-0.2, -0.15) is 0 Å². The van der Waals surface area contributed by atoms with Crippen LogP contribution in [0, 0.1) is 0 Å². The quantitative estimate of drug-likeness (QED) is 0.747. The average Bonchev–Trinajstić information content (AvgIpc) is 3.22. The molecule has 4 rings (SSSR count). The van der Waals surface area contributed by atoms with Gasteiger partial charge in [0.25, 0.3) is 0 Å². The zero-order valence-corrected chi connectivity index (χ0v) is 18.5. The molecule has 0 saturated carbocycles. The first-order valence-electron chi connectivity index (χ1n) is 10.8. The second-order valence-electron chi connectivity index (χ2n) is 8.21. The number of benzene rings is 2. The van der Waals surface area contributed by atoms with Gasteiger partial charge < -0.3 is 15.0 Å². The molecule has 2 amide bonds. The summed E-state index contributed by atoms with van der Waals surface area (Å²) >= 11 is 5.98. The maximum absolute atomic E-state index is 12.9. The summed E-state index contributed by atoms with van der Waals surface area (Å²) in [5.41, 5.74) is 3.46. The molecule has 0 spiro atoms. The SMILES string of the molecule is CC(=O)NC(CC(=O)N1CCN(Cc2ccc3c(c2)CCO3)CC1)c1ccc(Cl)cc1. The van der Waals surface area contributed by atoms with Crippen LogP contribution >= 0.6 is 11.6 Å². The van der Waals surface area contributed by atoms with Crippen LogP contribution < -0.4 is 10.1 Å². The first kappa shape index (κ1) is 21.7. The molecule has 1 fully saturated rings. The van der Waals surface area contributed by atoms with E-state index < -0.39 is 0 Å². The van der Waals surface area contributed by atoms with Crippen LogP contribution in [0.1, 0.15) is 36.1 Å². The van der Waals surface area contributed by atoms with Gasteiger partial charge in [-0.15, -0.1) is 0 Å². The third-order valence-electron chi connectivity index (χ3n) is 5.91. The Morgan fingerprint density at radius 3 is 2.55 bits per heavy atom. The summed E-state index contributed by atoms with van der Waals surface area (Å²) in [6.45, 7) is 6.19. The summed E-state index contributed by atoms with van der Waals surface area (Å²) in [7, 11) is 0. The van der Waals surface area contributed by atoms with Crippen molar-refractivity contribution in [2.45, 2.75) is 32.4 Å². The van der Waals surface area contributed by atoms with Crippen LogP contribution in [0.25, 0.3) is 0 Å². The van der Waals surface area contributed by atoms with Crippen molar-refractivity contribution >= 4 is 23.4 Å². The minimum absolute atomic E-state index is 0.0584. The van der Waals surface area contributed by atoms with E-state index in [2.05, 4.69) is 28.4 Å². The maximum Gasteiger partial charge on any atom is 0.225 e. The molecular formula is C24H28ClN3O3. The number of rotatable bonds is 6. The first-order chi connectivity index (χ1) is 15.0. The zero-order valence-electron chi connectivity index (χ0n) is 17.8. The molecule has 164 valence electrons. The van der Waals surface area contributed by atoms with E-state index >= 15 is 0 Å². The summed E-state index contributed by atoms with van der Waals surface area (Å²) in [4.78, 5) is 28.9. The van der Waals surface area contributed by atoms with Crippen molar-refractivity contribution < 1.29 is 14.3 Å². The van der Waals surface area contributed by atoms with Gasteiger partial charge >= 0.3 is 0 Å². The fourth-order valence-electron chi connectivity index (χ4n) is 4.25. The molecule has 0 aliphatic carbocycles. The fourth-order valence-corrected chi connectivity index (χ4v) is 4.37. The van der Waals surface area contributed by atoms with Crippen molar-refractivity contribution in [1.29, 1.82) is 0 Å². The molecule has 2 aromatic rings. The fraction of sp³-hybridized carbons (Fsp3) is 0.417. The lowest BCUT2D eigenvalue weighted by atomic mass is 10.0. The van der Waals surface area contributed by atoms with Crippen LogP contribution in [0.3, 0.4) is 0 Å². The van der Waals surface area contributed by atoms with Crippen LogP contribution in [0.4, 0.5) is 0 Å². The lowest BCUT2D eigenvalue weighted by molar-refractivity contribution is -0.133. The summed E-state index contributed by atoms with van der Waals surface area (Å²) in [6, 6.07) is 13.4. The Bertz CT molecular complexity index is 940. The Labute approximate surface area is 188 Å². The summed E-state index contributed by atoms with van der Waals surface area (Å²) < 4.78 is 5.59. The number of piperazine rings is 1. The Morgan fingerprint density at radius 1 is 1.10 bits per heavy atom. The minimum atomic E-state index is -0.353. The molecule has 2 heterocycles. The number of nitrogens with one attached hydrogen (secondary N) is 1. The molecule has 2 aliphatic rings. The van der Waals surface area contributed by atoms with Gasteiger partial charge in [0, 0.05) is 51.1 Å².